The number of nitrogens with one attached hydrogen (secondary N) is 1. The standard InChI is InChI=1S/C13H17N3O2S/c1-15-11(17)5-8-16(2)13(18)12-10(4-3-7-14)6-9-19-12/h6,9H,5,7-8,14H2,1-2H3,(H,15,17). The Kier molecular flexibility index (Phi) is 6.06. The molecule has 0 aliphatic heterocycles. The van der Waals surface area contributed by atoms with Gasteiger partial charge in [-0.25, -0.2) is 0 Å². The summed E-state index contributed by atoms with van der Waals surface area (Å²) in [4.78, 5) is 25.5. The van der Waals surface area contributed by atoms with Gasteiger partial charge < -0.3 is 16.0 Å². The predicted octanol–water partition coefficient (Wildman–Crippen LogP) is 0.266. The van der Waals surface area contributed by atoms with Gasteiger partial charge in [0.15, 0.2) is 0 Å². The third-order valence-electron chi connectivity index (χ3n) is 2.48. The van der Waals surface area contributed by atoms with Gasteiger partial charge in [0.05, 0.1) is 6.54 Å². The SMILES string of the molecule is CNC(=O)CCN(C)C(=O)c1sccc1C#CCN. The van der Waals surface area contributed by atoms with Crippen molar-refractivity contribution in [2.45, 2.75) is 6.42 Å². The Labute approximate surface area is 116 Å². The van der Waals surface area contributed by atoms with Gasteiger partial charge in [0, 0.05) is 32.6 Å². The van der Waals surface area contributed by atoms with E-state index in [1.54, 1.807) is 20.2 Å². The van der Waals surface area contributed by atoms with Gasteiger partial charge in [-0.15, -0.1) is 11.3 Å². The maximum absolute atomic E-state index is 12.2. The van der Waals surface area contributed by atoms with E-state index >= 15 is 0 Å². The summed E-state index contributed by atoms with van der Waals surface area (Å²) in [6.07, 6.45) is 0.286. The number of nitrogens with two attached hydrogens (primary N) is 1. The quantitative estimate of drug-likeness (QED) is 0.777. The van der Waals surface area contributed by atoms with E-state index in [2.05, 4.69) is 17.2 Å². The number of nitrogens with zero attached hydrogens (tertiary/aromatic N) is 1. The van der Waals surface area contributed by atoms with Crippen molar-refractivity contribution < 1.29 is 9.59 Å². The lowest BCUT2D eigenvalue weighted by Gasteiger charge is -2.15. The van der Waals surface area contributed by atoms with Crippen LogP contribution < -0.4 is 11.1 Å². The lowest BCUT2D eigenvalue weighted by Crippen LogP contribution is -2.31. The van der Waals surface area contributed by atoms with Crippen LogP contribution in [0.5, 0.6) is 0 Å². The van der Waals surface area contributed by atoms with Crippen LogP contribution in [0, 0.1) is 11.8 Å². The number of carbonyl (C=O) groups excluding carboxylic acids is 2. The molecule has 1 heterocycles. The normalized spacial score (nSPS) is 9.42. The monoisotopic (exact) mass is 279 g/mol. The summed E-state index contributed by atoms with van der Waals surface area (Å²) < 4.78 is 0. The molecule has 0 saturated heterocycles. The molecule has 5 nitrogen and oxygen atoms in total. The third-order valence-corrected chi connectivity index (χ3v) is 3.39. The van der Waals surface area contributed by atoms with E-state index in [0.29, 0.717) is 17.0 Å². The number of hydrogen-bond acceptors (Lipinski definition) is 4. The fourth-order valence-electron chi connectivity index (χ4n) is 1.39. The van der Waals surface area contributed by atoms with Gasteiger partial charge in [0.2, 0.25) is 5.91 Å². The highest BCUT2D eigenvalue weighted by Gasteiger charge is 2.17. The van der Waals surface area contributed by atoms with Crippen LogP contribution in [0.25, 0.3) is 0 Å². The van der Waals surface area contributed by atoms with Crippen molar-refractivity contribution in [1.82, 2.24) is 10.2 Å². The second-order valence-electron chi connectivity index (χ2n) is 3.82. The molecule has 0 aromatic carbocycles. The summed E-state index contributed by atoms with van der Waals surface area (Å²) in [5.74, 6) is 5.39. The Bertz CT molecular complexity index is 513. The first kappa shape index (κ1) is 15.2. The Morgan fingerprint density at radius 3 is 2.89 bits per heavy atom. The minimum Gasteiger partial charge on any atom is -0.359 e. The van der Waals surface area contributed by atoms with Crippen molar-refractivity contribution in [3.8, 4) is 11.8 Å². The molecular weight excluding hydrogens is 262 g/mol. The number of carbonyl (C=O) groups is 2. The summed E-state index contributed by atoms with van der Waals surface area (Å²) in [6, 6.07) is 1.80. The summed E-state index contributed by atoms with van der Waals surface area (Å²) in [6.45, 7) is 0.635. The largest absolute Gasteiger partial charge is 0.359 e. The van der Waals surface area contributed by atoms with E-state index < -0.39 is 0 Å². The second kappa shape index (κ2) is 7.56. The van der Waals surface area contributed by atoms with Gasteiger partial charge in [0.1, 0.15) is 4.88 Å². The summed E-state index contributed by atoms with van der Waals surface area (Å²) in [5, 5.41) is 4.34. The van der Waals surface area contributed by atoms with E-state index in [-0.39, 0.29) is 24.8 Å². The van der Waals surface area contributed by atoms with Crippen LogP contribution in [-0.2, 0) is 4.79 Å². The molecule has 0 spiro atoms. The topological polar surface area (TPSA) is 75.4 Å². The number of rotatable bonds is 4. The zero-order valence-corrected chi connectivity index (χ0v) is 11.8. The molecule has 102 valence electrons. The molecule has 0 unspecified atom stereocenters. The summed E-state index contributed by atoms with van der Waals surface area (Å²) in [7, 11) is 3.25. The van der Waals surface area contributed by atoms with Crippen LogP contribution in [0.3, 0.4) is 0 Å². The van der Waals surface area contributed by atoms with Gasteiger partial charge >= 0.3 is 0 Å². The van der Waals surface area contributed by atoms with Crippen LogP contribution in [0.15, 0.2) is 11.4 Å². The van der Waals surface area contributed by atoms with E-state index in [1.165, 1.54) is 16.2 Å². The maximum Gasteiger partial charge on any atom is 0.264 e. The molecule has 0 atom stereocenters. The highest BCUT2D eigenvalue weighted by atomic mass is 32.1. The first-order valence-corrected chi connectivity index (χ1v) is 6.70. The number of thiophene rings is 1. The van der Waals surface area contributed by atoms with Crippen LogP contribution >= 0.6 is 11.3 Å². The van der Waals surface area contributed by atoms with E-state index in [1.807, 2.05) is 5.38 Å². The fourth-order valence-corrected chi connectivity index (χ4v) is 2.23. The lowest BCUT2D eigenvalue weighted by molar-refractivity contribution is -0.120. The molecule has 6 heteroatoms. The average molecular weight is 279 g/mol. The molecule has 0 fully saturated rings. The summed E-state index contributed by atoms with van der Waals surface area (Å²) in [5.41, 5.74) is 6.00. The zero-order valence-electron chi connectivity index (χ0n) is 11.0. The fraction of sp³-hybridized carbons (Fsp3) is 0.385. The van der Waals surface area contributed by atoms with Crippen LogP contribution in [0.1, 0.15) is 21.7 Å². The maximum atomic E-state index is 12.2. The predicted molar refractivity (Wildman–Crippen MR) is 75.9 cm³/mol. The van der Waals surface area contributed by atoms with Gasteiger partial charge in [-0.2, -0.15) is 0 Å². The van der Waals surface area contributed by atoms with Gasteiger partial charge in [-0.1, -0.05) is 11.8 Å². The number of hydrogen-bond donors (Lipinski definition) is 2. The molecular formula is C13H17N3O2S. The molecule has 1 aromatic heterocycles. The first-order chi connectivity index (χ1) is 9.10. The van der Waals surface area contributed by atoms with Crippen molar-refractivity contribution in [3.05, 3.63) is 21.9 Å². The molecule has 0 radical (unpaired) electrons. The molecule has 2 amide bonds. The Morgan fingerprint density at radius 1 is 1.53 bits per heavy atom. The smallest absolute Gasteiger partial charge is 0.264 e. The van der Waals surface area contributed by atoms with E-state index in [4.69, 9.17) is 5.73 Å². The Hall–Kier alpha value is -1.84. The van der Waals surface area contributed by atoms with Crippen LogP contribution in [-0.4, -0.2) is 43.9 Å². The highest BCUT2D eigenvalue weighted by Crippen LogP contribution is 2.17. The zero-order chi connectivity index (χ0) is 14.3. The minimum absolute atomic E-state index is 0.0889. The molecule has 0 aliphatic rings. The van der Waals surface area contributed by atoms with Gasteiger partial charge in [-0.3, -0.25) is 9.59 Å². The molecule has 0 aliphatic carbocycles. The van der Waals surface area contributed by atoms with E-state index in [0.717, 1.165) is 0 Å². The van der Waals surface area contributed by atoms with E-state index in [9.17, 15) is 9.59 Å². The molecule has 0 saturated carbocycles. The van der Waals surface area contributed by atoms with Crippen molar-refractivity contribution >= 4 is 23.2 Å². The van der Waals surface area contributed by atoms with Crippen LogP contribution in [0.2, 0.25) is 0 Å². The van der Waals surface area contributed by atoms with Gasteiger partial charge in [-0.05, 0) is 11.4 Å². The van der Waals surface area contributed by atoms with Gasteiger partial charge in [0.25, 0.3) is 5.91 Å². The van der Waals surface area contributed by atoms with Crippen molar-refractivity contribution in [1.29, 1.82) is 0 Å². The Balaban J connectivity index is 2.72. The molecule has 1 aromatic rings. The summed E-state index contributed by atoms with van der Waals surface area (Å²) >= 11 is 1.34. The Morgan fingerprint density at radius 2 is 2.26 bits per heavy atom. The van der Waals surface area contributed by atoms with Crippen LogP contribution in [0.4, 0.5) is 0 Å². The van der Waals surface area contributed by atoms with Crippen molar-refractivity contribution in [3.63, 3.8) is 0 Å². The average Bonchev–Trinajstić information content (AvgIpc) is 2.89. The second-order valence-corrected chi connectivity index (χ2v) is 4.74. The lowest BCUT2D eigenvalue weighted by atomic mass is 10.2. The highest BCUT2D eigenvalue weighted by molar-refractivity contribution is 7.12. The molecule has 3 N–H and O–H groups in total. The molecule has 1 rings (SSSR count). The number of amides is 2. The van der Waals surface area contributed by atoms with Crippen molar-refractivity contribution in [2.75, 3.05) is 27.2 Å². The first-order valence-electron chi connectivity index (χ1n) is 5.82. The molecule has 0 bridgehead atoms. The minimum atomic E-state index is -0.125. The molecule has 19 heavy (non-hydrogen) atoms. The third kappa shape index (κ3) is 4.39. The van der Waals surface area contributed by atoms with Crippen molar-refractivity contribution in [2.24, 2.45) is 5.73 Å².